The number of hydrogen-bond donors (Lipinski definition) is 2. The van der Waals surface area contributed by atoms with Crippen LogP contribution in [0, 0.1) is 10.1 Å². The van der Waals surface area contributed by atoms with Crippen LogP contribution in [-0.2, 0) is 0 Å². The average molecular weight is 466 g/mol. The zero-order chi connectivity index (χ0) is 22.7. The zero-order valence-electron chi connectivity index (χ0n) is 16.4. The van der Waals surface area contributed by atoms with Crippen molar-refractivity contribution in [2.45, 2.75) is 0 Å². The molecule has 0 aliphatic carbocycles. The van der Waals surface area contributed by atoms with E-state index in [0.29, 0.717) is 32.5 Å². The first kappa shape index (κ1) is 21.3. The number of nitrogens with two attached hydrogens (primary N) is 1. The average Bonchev–Trinajstić information content (AvgIpc) is 3.17. The highest BCUT2D eigenvalue weighted by molar-refractivity contribution is 7.07. The lowest BCUT2D eigenvalue weighted by Crippen LogP contribution is -2.31. The fraction of sp³-hybridized carbons (Fsp3) is 0. The molecule has 1 aromatic heterocycles. The first-order valence-corrected chi connectivity index (χ1v) is 10.6. The Kier molecular flexibility index (Phi) is 6.02. The van der Waals surface area contributed by atoms with Crippen LogP contribution in [0.15, 0.2) is 83.2 Å². The molecule has 0 aliphatic rings. The largest absolute Gasteiger partial charge is 0.398 e. The summed E-state index contributed by atoms with van der Waals surface area (Å²) in [4.78, 5) is 28.4. The molecule has 0 saturated carbocycles. The Morgan fingerprint density at radius 2 is 1.75 bits per heavy atom. The van der Waals surface area contributed by atoms with Crippen LogP contribution in [-0.4, -0.2) is 15.5 Å². The second-order valence-electron chi connectivity index (χ2n) is 6.66. The van der Waals surface area contributed by atoms with Crippen molar-refractivity contribution in [2.75, 3.05) is 11.2 Å². The Hall–Kier alpha value is -3.95. The lowest BCUT2D eigenvalue weighted by atomic mass is 10.1. The third-order valence-corrected chi connectivity index (χ3v) is 5.63. The van der Waals surface area contributed by atoms with Crippen LogP contribution < -0.4 is 16.0 Å². The summed E-state index contributed by atoms with van der Waals surface area (Å²) in [6.07, 6.45) is 0. The number of non-ortho nitro benzene ring substituents is 1. The van der Waals surface area contributed by atoms with E-state index in [9.17, 15) is 14.9 Å². The molecule has 0 radical (unpaired) electrons. The van der Waals surface area contributed by atoms with E-state index in [1.807, 2.05) is 17.5 Å². The molecule has 4 rings (SSSR count). The lowest BCUT2D eigenvalue weighted by Gasteiger charge is -2.12. The zero-order valence-corrected chi connectivity index (χ0v) is 18.0. The predicted molar refractivity (Wildman–Crippen MR) is 126 cm³/mol. The molecular formula is C22H16ClN5O3S. The van der Waals surface area contributed by atoms with Crippen molar-refractivity contribution in [1.29, 1.82) is 0 Å². The van der Waals surface area contributed by atoms with Gasteiger partial charge in [-0.05, 0) is 36.4 Å². The Labute approximate surface area is 191 Å². The number of nitrogens with one attached hydrogen (secondary N) is 1. The summed E-state index contributed by atoms with van der Waals surface area (Å²) in [6.45, 7) is 0. The molecule has 0 fully saturated rings. The molecule has 0 spiro atoms. The van der Waals surface area contributed by atoms with Gasteiger partial charge in [0.25, 0.3) is 11.6 Å². The second kappa shape index (κ2) is 9.04. The number of aromatic nitrogens is 1. The van der Waals surface area contributed by atoms with Gasteiger partial charge < -0.3 is 5.73 Å². The summed E-state index contributed by atoms with van der Waals surface area (Å²) in [7, 11) is 0. The van der Waals surface area contributed by atoms with E-state index in [2.05, 4.69) is 10.4 Å². The number of amides is 1. The first-order chi connectivity index (χ1) is 15.4. The van der Waals surface area contributed by atoms with Gasteiger partial charge in [0.1, 0.15) is 0 Å². The van der Waals surface area contributed by atoms with Crippen molar-refractivity contribution in [3.8, 4) is 11.3 Å². The van der Waals surface area contributed by atoms with E-state index in [-0.39, 0.29) is 5.69 Å². The number of anilines is 1. The summed E-state index contributed by atoms with van der Waals surface area (Å²) in [6, 6.07) is 19.8. The van der Waals surface area contributed by atoms with E-state index in [1.165, 1.54) is 23.5 Å². The molecule has 0 aliphatic heterocycles. The Balaban J connectivity index is 1.80. The van der Waals surface area contributed by atoms with Crippen LogP contribution in [0.4, 0.5) is 17.1 Å². The summed E-state index contributed by atoms with van der Waals surface area (Å²) in [5.41, 5.74) is 11.5. The van der Waals surface area contributed by atoms with E-state index < -0.39 is 10.8 Å². The third kappa shape index (κ3) is 4.53. The van der Waals surface area contributed by atoms with Gasteiger partial charge >= 0.3 is 0 Å². The smallest absolute Gasteiger partial charge is 0.272 e. The summed E-state index contributed by atoms with van der Waals surface area (Å²) in [5.74, 6) is -0.401. The standard InChI is InChI=1S/C22H16ClN5O3S/c23-15-7-5-14(6-8-15)20-13-32-22(25-16-9-11-17(12-10-16)28(30)31)27(20)26-21(29)18-3-1-2-4-19(18)24/h1-13H,24H2,(H,26,29). The molecule has 32 heavy (non-hydrogen) atoms. The fourth-order valence-electron chi connectivity index (χ4n) is 2.94. The van der Waals surface area contributed by atoms with Crippen LogP contribution in [0.25, 0.3) is 11.3 Å². The molecular weight excluding hydrogens is 450 g/mol. The van der Waals surface area contributed by atoms with Gasteiger partial charge in [-0.3, -0.25) is 20.3 Å². The van der Waals surface area contributed by atoms with Gasteiger partial charge in [0.05, 0.1) is 21.9 Å². The van der Waals surface area contributed by atoms with E-state index in [0.717, 1.165) is 5.56 Å². The maximum Gasteiger partial charge on any atom is 0.272 e. The minimum absolute atomic E-state index is 0.0299. The molecule has 10 heteroatoms. The Morgan fingerprint density at radius 1 is 1.06 bits per heavy atom. The van der Waals surface area contributed by atoms with Gasteiger partial charge in [0.2, 0.25) is 4.80 Å². The van der Waals surface area contributed by atoms with Crippen molar-refractivity contribution in [3.05, 3.63) is 104 Å². The second-order valence-corrected chi connectivity index (χ2v) is 7.93. The molecule has 8 nitrogen and oxygen atoms in total. The molecule has 3 aromatic carbocycles. The maximum absolute atomic E-state index is 12.9. The van der Waals surface area contributed by atoms with Crippen molar-refractivity contribution in [1.82, 2.24) is 4.68 Å². The van der Waals surface area contributed by atoms with Crippen molar-refractivity contribution in [2.24, 2.45) is 4.99 Å². The monoisotopic (exact) mass is 465 g/mol. The van der Waals surface area contributed by atoms with Crippen LogP contribution in [0.5, 0.6) is 0 Å². The number of carbonyl (C=O) groups is 1. The number of hydrogen-bond acceptors (Lipinski definition) is 6. The minimum atomic E-state index is -0.474. The Bertz CT molecular complexity index is 1360. The van der Waals surface area contributed by atoms with Crippen molar-refractivity contribution in [3.63, 3.8) is 0 Å². The number of nitro groups is 1. The molecule has 0 unspecified atom stereocenters. The van der Waals surface area contributed by atoms with Gasteiger partial charge in [0, 0.05) is 33.8 Å². The highest BCUT2D eigenvalue weighted by Crippen LogP contribution is 2.23. The third-order valence-electron chi connectivity index (χ3n) is 4.55. The number of nitrogens with zero attached hydrogens (tertiary/aromatic N) is 3. The summed E-state index contributed by atoms with van der Waals surface area (Å²) in [5, 5.41) is 13.3. The van der Waals surface area contributed by atoms with Crippen LogP contribution >= 0.6 is 22.9 Å². The number of nitro benzene ring substituents is 1. The van der Waals surface area contributed by atoms with Gasteiger partial charge in [-0.15, -0.1) is 11.3 Å². The lowest BCUT2D eigenvalue weighted by molar-refractivity contribution is -0.384. The molecule has 0 saturated heterocycles. The minimum Gasteiger partial charge on any atom is -0.398 e. The number of nitrogen functional groups attached to an aromatic ring is 1. The first-order valence-electron chi connectivity index (χ1n) is 9.34. The molecule has 4 aromatic rings. The topological polar surface area (TPSA) is 116 Å². The van der Waals surface area contributed by atoms with Crippen LogP contribution in [0.1, 0.15) is 10.4 Å². The molecule has 1 amide bonds. The summed E-state index contributed by atoms with van der Waals surface area (Å²) >= 11 is 7.32. The molecule has 3 N–H and O–H groups in total. The Morgan fingerprint density at radius 3 is 2.41 bits per heavy atom. The number of benzene rings is 3. The van der Waals surface area contributed by atoms with Gasteiger partial charge in [-0.1, -0.05) is 35.9 Å². The normalized spacial score (nSPS) is 11.3. The van der Waals surface area contributed by atoms with Crippen molar-refractivity contribution < 1.29 is 9.72 Å². The quantitative estimate of drug-likeness (QED) is 0.245. The van der Waals surface area contributed by atoms with Gasteiger partial charge in [-0.25, -0.2) is 9.67 Å². The van der Waals surface area contributed by atoms with Gasteiger partial charge in [-0.2, -0.15) is 0 Å². The maximum atomic E-state index is 12.9. The predicted octanol–water partition coefficient (Wildman–Crippen LogP) is 4.98. The van der Waals surface area contributed by atoms with E-state index in [1.54, 1.807) is 53.2 Å². The van der Waals surface area contributed by atoms with Gasteiger partial charge in [0.15, 0.2) is 0 Å². The number of rotatable bonds is 5. The van der Waals surface area contributed by atoms with Crippen LogP contribution in [0.2, 0.25) is 5.02 Å². The number of carbonyl (C=O) groups excluding carboxylic acids is 1. The van der Waals surface area contributed by atoms with E-state index >= 15 is 0 Å². The molecule has 160 valence electrons. The molecule has 0 bridgehead atoms. The molecule has 1 heterocycles. The van der Waals surface area contributed by atoms with Crippen molar-refractivity contribution >= 4 is 45.9 Å². The summed E-state index contributed by atoms with van der Waals surface area (Å²) < 4.78 is 1.56. The van der Waals surface area contributed by atoms with E-state index in [4.69, 9.17) is 17.3 Å². The van der Waals surface area contributed by atoms with Crippen LogP contribution in [0.3, 0.4) is 0 Å². The number of para-hydroxylation sites is 1. The SMILES string of the molecule is Nc1ccccc1C(=O)Nn1c(-c2ccc(Cl)cc2)csc1=Nc1ccc([N+](=O)[O-])cc1. The number of thiazole rings is 1. The highest BCUT2D eigenvalue weighted by Gasteiger charge is 2.14. The molecule has 0 atom stereocenters. The highest BCUT2D eigenvalue weighted by atomic mass is 35.5. The fourth-order valence-corrected chi connectivity index (χ4v) is 3.94. The number of halogens is 1.